The summed E-state index contributed by atoms with van der Waals surface area (Å²) in [5.74, 6) is 0. The standard InChI is InChI=1S/C20H20N2O4S2/c21-20(17-10-4-1-5-11-17)16-22(27(23,24)18-12-6-2-7-13-18)28(25,26)19-14-8-3-9-15-19/h1-15,20H,16,21H2. The lowest BCUT2D eigenvalue weighted by molar-refractivity contribution is 0.474. The zero-order valence-corrected chi connectivity index (χ0v) is 16.6. The molecule has 0 amide bonds. The van der Waals surface area contributed by atoms with Crippen molar-refractivity contribution in [1.29, 1.82) is 0 Å². The van der Waals surface area contributed by atoms with Crippen molar-refractivity contribution in [3.8, 4) is 0 Å². The fraction of sp³-hybridized carbons (Fsp3) is 0.100. The number of hydrogen-bond acceptors (Lipinski definition) is 5. The first kappa shape index (κ1) is 20.2. The van der Waals surface area contributed by atoms with Gasteiger partial charge in [-0.3, -0.25) is 0 Å². The van der Waals surface area contributed by atoms with Crippen molar-refractivity contribution in [2.75, 3.05) is 6.54 Å². The maximum Gasteiger partial charge on any atom is 0.256 e. The maximum absolute atomic E-state index is 13.2. The Morgan fingerprint density at radius 1 is 0.643 bits per heavy atom. The van der Waals surface area contributed by atoms with E-state index in [1.807, 2.05) is 0 Å². The minimum Gasteiger partial charge on any atom is -0.323 e. The number of nitrogens with zero attached hydrogens (tertiary/aromatic N) is 1. The number of hydrogen-bond donors (Lipinski definition) is 1. The van der Waals surface area contributed by atoms with Gasteiger partial charge in [0.2, 0.25) is 0 Å². The summed E-state index contributed by atoms with van der Waals surface area (Å²) in [6.45, 7) is -0.418. The number of benzene rings is 3. The molecular weight excluding hydrogens is 396 g/mol. The van der Waals surface area contributed by atoms with E-state index in [-0.39, 0.29) is 9.79 Å². The van der Waals surface area contributed by atoms with Gasteiger partial charge in [0.15, 0.2) is 0 Å². The van der Waals surface area contributed by atoms with Gasteiger partial charge in [-0.25, -0.2) is 16.8 Å². The van der Waals surface area contributed by atoms with Gasteiger partial charge >= 0.3 is 0 Å². The summed E-state index contributed by atoms with van der Waals surface area (Å²) >= 11 is 0. The number of sulfonamides is 2. The number of rotatable bonds is 7. The molecule has 0 spiro atoms. The third-order valence-electron chi connectivity index (χ3n) is 4.19. The third-order valence-corrected chi connectivity index (χ3v) is 8.48. The first-order chi connectivity index (χ1) is 13.3. The van der Waals surface area contributed by atoms with Crippen LogP contribution in [0.1, 0.15) is 11.6 Å². The Hall–Kier alpha value is -2.52. The highest BCUT2D eigenvalue weighted by Gasteiger charge is 2.37. The first-order valence-electron chi connectivity index (χ1n) is 8.52. The van der Waals surface area contributed by atoms with E-state index in [9.17, 15) is 16.8 Å². The van der Waals surface area contributed by atoms with Crippen LogP contribution in [0.2, 0.25) is 0 Å². The highest BCUT2D eigenvalue weighted by Crippen LogP contribution is 2.26. The summed E-state index contributed by atoms with van der Waals surface area (Å²) in [6.07, 6.45) is 0. The Morgan fingerprint density at radius 2 is 1.00 bits per heavy atom. The van der Waals surface area contributed by atoms with Gasteiger partial charge in [0.25, 0.3) is 20.0 Å². The van der Waals surface area contributed by atoms with E-state index >= 15 is 0 Å². The molecular formula is C20H20N2O4S2. The van der Waals surface area contributed by atoms with Gasteiger partial charge in [-0.15, -0.1) is 0 Å². The van der Waals surface area contributed by atoms with E-state index in [1.165, 1.54) is 48.5 Å². The second kappa shape index (κ2) is 8.24. The van der Waals surface area contributed by atoms with Crippen molar-refractivity contribution < 1.29 is 16.8 Å². The minimum absolute atomic E-state index is 0.116. The monoisotopic (exact) mass is 416 g/mol. The smallest absolute Gasteiger partial charge is 0.256 e. The molecule has 0 aliphatic heterocycles. The van der Waals surface area contributed by atoms with Crippen LogP contribution in [0.3, 0.4) is 0 Å². The molecule has 0 aliphatic rings. The average Bonchev–Trinajstić information content (AvgIpc) is 2.73. The number of nitrogens with two attached hydrogens (primary N) is 1. The molecule has 28 heavy (non-hydrogen) atoms. The van der Waals surface area contributed by atoms with Gasteiger partial charge in [-0.1, -0.05) is 70.4 Å². The highest BCUT2D eigenvalue weighted by molar-refractivity contribution is 8.04. The van der Waals surface area contributed by atoms with Crippen molar-refractivity contribution in [3.63, 3.8) is 0 Å². The van der Waals surface area contributed by atoms with Crippen LogP contribution in [0.15, 0.2) is 101 Å². The van der Waals surface area contributed by atoms with E-state index in [0.29, 0.717) is 9.27 Å². The van der Waals surface area contributed by atoms with Gasteiger partial charge in [-0.2, -0.15) is 0 Å². The Labute approximate surface area is 165 Å². The zero-order valence-electron chi connectivity index (χ0n) is 14.9. The van der Waals surface area contributed by atoms with Crippen LogP contribution < -0.4 is 5.73 Å². The van der Waals surface area contributed by atoms with Crippen molar-refractivity contribution in [3.05, 3.63) is 96.6 Å². The van der Waals surface area contributed by atoms with Crippen LogP contribution in [0, 0.1) is 0 Å². The molecule has 6 nitrogen and oxygen atoms in total. The zero-order chi connectivity index (χ0) is 20.2. The van der Waals surface area contributed by atoms with Crippen molar-refractivity contribution in [2.24, 2.45) is 5.73 Å². The van der Waals surface area contributed by atoms with E-state index in [2.05, 4.69) is 0 Å². The fourth-order valence-electron chi connectivity index (χ4n) is 2.71. The summed E-state index contributed by atoms with van der Waals surface area (Å²) < 4.78 is 53.3. The molecule has 0 fully saturated rings. The predicted octanol–water partition coefficient (Wildman–Crippen LogP) is 2.77. The van der Waals surface area contributed by atoms with Gasteiger partial charge in [-0.05, 0) is 29.8 Å². The second-order valence-corrected chi connectivity index (χ2v) is 10.1. The minimum atomic E-state index is -4.34. The molecule has 1 atom stereocenters. The predicted molar refractivity (Wildman–Crippen MR) is 107 cm³/mol. The third kappa shape index (κ3) is 4.15. The largest absolute Gasteiger partial charge is 0.323 e. The molecule has 2 N–H and O–H groups in total. The van der Waals surface area contributed by atoms with Crippen LogP contribution in [-0.4, -0.2) is 27.1 Å². The summed E-state index contributed by atoms with van der Waals surface area (Å²) in [5, 5.41) is 0. The van der Waals surface area contributed by atoms with Gasteiger partial charge < -0.3 is 5.73 Å². The summed E-state index contributed by atoms with van der Waals surface area (Å²) in [7, 11) is -8.69. The van der Waals surface area contributed by atoms with Crippen molar-refractivity contribution in [1.82, 2.24) is 3.71 Å². The molecule has 146 valence electrons. The molecule has 0 saturated heterocycles. The van der Waals surface area contributed by atoms with Crippen molar-refractivity contribution in [2.45, 2.75) is 15.8 Å². The molecule has 0 saturated carbocycles. The molecule has 0 bridgehead atoms. The SMILES string of the molecule is NC(CN(S(=O)(=O)c1ccccc1)S(=O)(=O)c1ccccc1)c1ccccc1. The molecule has 1 unspecified atom stereocenters. The Bertz CT molecular complexity index is 1050. The molecule has 3 aromatic rings. The molecule has 0 heterocycles. The lowest BCUT2D eigenvalue weighted by Crippen LogP contribution is -2.41. The molecule has 3 aromatic carbocycles. The Kier molecular flexibility index (Phi) is 5.95. The molecule has 0 radical (unpaired) electrons. The van der Waals surface area contributed by atoms with Gasteiger partial charge in [0.05, 0.1) is 9.79 Å². The topological polar surface area (TPSA) is 97.5 Å². The van der Waals surface area contributed by atoms with Crippen LogP contribution in [-0.2, 0) is 20.0 Å². The van der Waals surface area contributed by atoms with E-state index in [0.717, 1.165) is 0 Å². The summed E-state index contributed by atoms with van der Waals surface area (Å²) in [6, 6.07) is 22.9. The first-order valence-corrected chi connectivity index (χ1v) is 11.4. The lowest BCUT2D eigenvalue weighted by Gasteiger charge is -2.25. The maximum atomic E-state index is 13.2. The molecule has 3 rings (SSSR count). The quantitative estimate of drug-likeness (QED) is 0.639. The van der Waals surface area contributed by atoms with Crippen LogP contribution in [0.4, 0.5) is 0 Å². The Balaban J connectivity index is 2.09. The molecule has 0 aromatic heterocycles. The van der Waals surface area contributed by atoms with Crippen molar-refractivity contribution >= 4 is 20.0 Å². The fourth-order valence-corrected chi connectivity index (χ4v) is 6.45. The van der Waals surface area contributed by atoms with Gasteiger partial charge in [0, 0.05) is 12.6 Å². The van der Waals surface area contributed by atoms with E-state index in [1.54, 1.807) is 42.5 Å². The summed E-state index contributed by atoms with van der Waals surface area (Å²) in [4.78, 5) is -0.232. The Morgan fingerprint density at radius 3 is 1.39 bits per heavy atom. The van der Waals surface area contributed by atoms with Gasteiger partial charge in [0.1, 0.15) is 0 Å². The van der Waals surface area contributed by atoms with Crippen LogP contribution >= 0.6 is 0 Å². The lowest BCUT2D eigenvalue weighted by atomic mass is 10.1. The second-order valence-electron chi connectivity index (χ2n) is 6.11. The molecule has 0 aliphatic carbocycles. The highest BCUT2D eigenvalue weighted by atomic mass is 32.3. The normalized spacial score (nSPS) is 13.4. The molecule has 8 heteroatoms. The summed E-state index contributed by atoms with van der Waals surface area (Å²) in [5.41, 5.74) is 6.81. The van der Waals surface area contributed by atoms with E-state index < -0.39 is 32.6 Å². The van der Waals surface area contributed by atoms with Crippen LogP contribution in [0.5, 0.6) is 0 Å². The van der Waals surface area contributed by atoms with E-state index in [4.69, 9.17) is 5.73 Å². The van der Waals surface area contributed by atoms with Crippen LogP contribution in [0.25, 0.3) is 0 Å². The average molecular weight is 417 g/mol.